The van der Waals surface area contributed by atoms with Gasteiger partial charge in [-0.1, -0.05) is 17.5 Å². The summed E-state index contributed by atoms with van der Waals surface area (Å²) < 4.78 is 15.3. The van der Waals surface area contributed by atoms with Gasteiger partial charge in [-0.05, 0) is 55.7 Å². The number of aromatic nitrogens is 3. The SMILES string of the molecule is Cc1cc(-n2cc(C#Cc3ccnc(Cl)c3)nc2C)ccc1F. The highest BCUT2D eigenvalue weighted by molar-refractivity contribution is 6.29. The molecular formula is C18H13ClFN3. The number of nitrogens with zero attached hydrogens (tertiary/aromatic N) is 3. The van der Waals surface area contributed by atoms with Gasteiger partial charge in [0, 0.05) is 23.6 Å². The van der Waals surface area contributed by atoms with Crippen LogP contribution in [-0.4, -0.2) is 14.5 Å². The lowest BCUT2D eigenvalue weighted by Crippen LogP contribution is -1.96. The molecule has 0 bridgehead atoms. The van der Waals surface area contributed by atoms with Gasteiger partial charge in [0.2, 0.25) is 0 Å². The fourth-order valence-corrected chi connectivity index (χ4v) is 2.36. The van der Waals surface area contributed by atoms with E-state index in [1.165, 1.54) is 6.07 Å². The molecule has 0 N–H and O–H groups in total. The first-order valence-corrected chi connectivity index (χ1v) is 7.37. The Balaban J connectivity index is 1.94. The summed E-state index contributed by atoms with van der Waals surface area (Å²) in [4.78, 5) is 8.34. The van der Waals surface area contributed by atoms with E-state index >= 15 is 0 Å². The summed E-state index contributed by atoms with van der Waals surface area (Å²) in [5, 5.41) is 0.403. The van der Waals surface area contributed by atoms with Gasteiger partial charge < -0.3 is 4.57 Å². The van der Waals surface area contributed by atoms with Crippen LogP contribution in [0.15, 0.2) is 42.7 Å². The molecule has 23 heavy (non-hydrogen) atoms. The Hall–Kier alpha value is -2.64. The molecule has 0 amide bonds. The lowest BCUT2D eigenvalue weighted by atomic mass is 10.2. The number of hydrogen-bond acceptors (Lipinski definition) is 2. The molecule has 0 saturated heterocycles. The van der Waals surface area contributed by atoms with Gasteiger partial charge in [0.1, 0.15) is 22.5 Å². The Labute approximate surface area is 138 Å². The van der Waals surface area contributed by atoms with Crippen molar-refractivity contribution in [2.45, 2.75) is 13.8 Å². The average Bonchev–Trinajstić information content (AvgIpc) is 2.89. The van der Waals surface area contributed by atoms with Crippen LogP contribution in [0.2, 0.25) is 5.15 Å². The van der Waals surface area contributed by atoms with Crippen molar-refractivity contribution in [2.75, 3.05) is 0 Å². The van der Waals surface area contributed by atoms with Crippen LogP contribution in [0, 0.1) is 31.5 Å². The van der Waals surface area contributed by atoms with Gasteiger partial charge in [0.25, 0.3) is 0 Å². The monoisotopic (exact) mass is 325 g/mol. The van der Waals surface area contributed by atoms with Crippen LogP contribution in [0.25, 0.3) is 5.69 Å². The second kappa shape index (κ2) is 6.23. The standard InChI is InChI=1S/C18H13ClFN3/c1-12-9-16(5-6-17(12)20)23-11-15(22-13(23)2)4-3-14-7-8-21-18(19)10-14/h5-11H,1-2H3. The van der Waals surface area contributed by atoms with Crippen molar-refractivity contribution in [1.29, 1.82) is 0 Å². The van der Waals surface area contributed by atoms with Gasteiger partial charge in [-0.15, -0.1) is 0 Å². The fourth-order valence-electron chi connectivity index (χ4n) is 2.19. The van der Waals surface area contributed by atoms with E-state index < -0.39 is 0 Å². The zero-order chi connectivity index (χ0) is 16.4. The Morgan fingerprint density at radius 3 is 2.70 bits per heavy atom. The first-order chi connectivity index (χ1) is 11.0. The van der Waals surface area contributed by atoms with E-state index in [1.54, 1.807) is 37.4 Å². The fraction of sp³-hybridized carbons (Fsp3) is 0.111. The minimum atomic E-state index is -0.221. The Morgan fingerprint density at radius 1 is 1.13 bits per heavy atom. The van der Waals surface area contributed by atoms with Crippen molar-refractivity contribution in [2.24, 2.45) is 0 Å². The second-order valence-electron chi connectivity index (χ2n) is 5.09. The zero-order valence-electron chi connectivity index (χ0n) is 12.6. The summed E-state index contributed by atoms with van der Waals surface area (Å²) in [6.07, 6.45) is 3.44. The maximum atomic E-state index is 13.4. The van der Waals surface area contributed by atoms with Crippen molar-refractivity contribution in [3.05, 3.63) is 76.3 Å². The van der Waals surface area contributed by atoms with Crippen LogP contribution in [0.3, 0.4) is 0 Å². The largest absolute Gasteiger partial charge is 0.303 e. The minimum absolute atomic E-state index is 0.221. The molecule has 0 atom stereocenters. The van der Waals surface area contributed by atoms with Crippen LogP contribution in [0.1, 0.15) is 22.6 Å². The smallest absolute Gasteiger partial charge is 0.132 e. The Kier molecular flexibility index (Phi) is 4.14. The molecule has 2 heterocycles. The summed E-state index contributed by atoms with van der Waals surface area (Å²) in [6, 6.07) is 8.43. The van der Waals surface area contributed by atoms with Crippen molar-refractivity contribution < 1.29 is 4.39 Å². The van der Waals surface area contributed by atoms with E-state index in [0.29, 0.717) is 16.4 Å². The van der Waals surface area contributed by atoms with Crippen LogP contribution < -0.4 is 0 Å². The molecule has 0 unspecified atom stereocenters. The molecule has 5 heteroatoms. The number of hydrogen-bond donors (Lipinski definition) is 0. The third kappa shape index (κ3) is 3.41. The maximum Gasteiger partial charge on any atom is 0.132 e. The van der Waals surface area contributed by atoms with Crippen LogP contribution in [0.5, 0.6) is 0 Å². The molecule has 2 aromatic heterocycles. The van der Waals surface area contributed by atoms with Crippen molar-refractivity contribution >= 4 is 11.6 Å². The number of halogens is 2. The maximum absolute atomic E-state index is 13.4. The van der Waals surface area contributed by atoms with Crippen molar-refractivity contribution in [3.63, 3.8) is 0 Å². The van der Waals surface area contributed by atoms with E-state index in [1.807, 2.05) is 17.7 Å². The van der Waals surface area contributed by atoms with E-state index in [9.17, 15) is 4.39 Å². The number of pyridine rings is 1. The summed E-state index contributed by atoms with van der Waals surface area (Å²) >= 11 is 5.83. The molecule has 0 saturated carbocycles. The topological polar surface area (TPSA) is 30.7 Å². The predicted molar refractivity (Wildman–Crippen MR) is 88.2 cm³/mol. The molecule has 0 aliphatic rings. The van der Waals surface area contributed by atoms with E-state index in [-0.39, 0.29) is 5.82 Å². The molecule has 0 radical (unpaired) electrons. The Bertz CT molecular complexity index is 935. The first-order valence-electron chi connectivity index (χ1n) is 6.99. The van der Waals surface area contributed by atoms with Gasteiger partial charge in [-0.2, -0.15) is 0 Å². The normalized spacial score (nSPS) is 10.3. The number of benzene rings is 1. The zero-order valence-corrected chi connectivity index (χ0v) is 13.4. The lowest BCUT2D eigenvalue weighted by molar-refractivity contribution is 0.618. The molecule has 3 rings (SSSR count). The third-order valence-corrected chi connectivity index (χ3v) is 3.57. The minimum Gasteiger partial charge on any atom is -0.303 e. The van der Waals surface area contributed by atoms with Crippen LogP contribution >= 0.6 is 11.6 Å². The molecular weight excluding hydrogens is 313 g/mol. The van der Waals surface area contributed by atoms with Crippen molar-refractivity contribution in [1.82, 2.24) is 14.5 Å². The summed E-state index contributed by atoms with van der Waals surface area (Å²) in [6.45, 7) is 3.62. The number of imidazole rings is 1. The van der Waals surface area contributed by atoms with Gasteiger partial charge in [0.05, 0.1) is 0 Å². The summed E-state index contributed by atoms with van der Waals surface area (Å²) in [7, 11) is 0. The summed E-state index contributed by atoms with van der Waals surface area (Å²) in [5.41, 5.74) is 2.86. The molecule has 1 aromatic carbocycles. The number of rotatable bonds is 1. The molecule has 0 aliphatic carbocycles. The molecule has 0 aliphatic heterocycles. The van der Waals surface area contributed by atoms with E-state index in [4.69, 9.17) is 11.6 Å². The summed E-state index contributed by atoms with van der Waals surface area (Å²) in [5.74, 6) is 6.57. The van der Waals surface area contributed by atoms with E-state index in [0.717, 1.165) is 17.1 Å². The second-order valence-corrected chi connectivity index (χ2v) is 5.48. The highest BCUT2D eigenvalue weighted by Crippen LogP contribution is 2.16. The van der Waals surface area contributed by atoms with Gasteiger partial charge in [-0.25, -0.2) is 14.4 Å². The molecule has 3 aromatic rings. The molecule has 114 valence electrons. The van der Waals surface area contributed by atoms with Gasteiger partial charge >= 0.3 is 0 Å². The van der Waals surface area contributed by atoms with Crippen LogP contribution in [0.4, 0.5) is 4.39 Å². The lowest BCUT2D eigenvalue weighted by Gasteiger charge is -2.06. The average molecular weight is 326 g/mol. The van der Waals surface area contributed by atoms with Crippen LogP contribution in [-0.2, 0) is 0 Å². The quantitative estimate of drug-likeness (QED) is 0.498. The molecule has 0 spiro atoms. The number of aryl methyl sites for hydroxylation is 2. The first kappa shape index (κ1) is 15.3. The highest BCUT2D eigenvalue weighted by Gasteiger charge is 2.06. The van der Waals surface area contributed by atoms with E-state index in [2.05, 4.69) is 21.8 Å². The molecule has 0 fully saturated rings. The van der Waals surface area contributed by atoms with Gasteiger partial charge in [0.15, 0.2) is 0 Å². The molecule has 3 nitrogen and oxygen atoms in total. The Morgan fingerprint density at radius 2 is 1.96 bits per heavy atom. The predicted octanol–water partition coefficient (Wildman–Crippen LogP) is 4.08. The highest BCUT2D eigenvalue weighted by atomic mass is 35.5. The third-order valence-electron chi connectivity index (χ3n) is 3.36. The van der Waals surface area contributed by atoms with Gasteiger partial charge in [-0.3, -0.25) is 0 Å². The van der Waals surface area contributed by atoms with Crippen molar-refractivity contribution in [3.8, 4) is 17.5 Å².